The highest BCUT2D eigenvalue weighted by Gasteiger charge is 2.30. The lowest BCUT2D eigenvalue weighted by atomic mass is 10.1. The molecule has 0 saturated carbocycles. The first-order valence-electron chi connectivity index (χ1n) is 11.6. The minimum absolute atomic E-state index is 0.0160. The molecule has 0 aliphatic carbocycles. The molecule has 8 nitrogen and oxygen atoms in total. The first kappa shape index (κ1) is 25.6. The average Bonchev–Trinajstić information content (AvgIpc) is 3.24. The molecule has 2 N–H and O–H groups in total. The number of hydrogen-bond donors (Lipinski definition) is 2. The van der Waals surface area contributed by atoms with Crippen molar-refractivity contribution >= 4 is 17.8 Å². The van der Waals surface area contributed by atoms with E-state index in [1.807, 2.05) is 38.4 Å². The third kappa shape index (κ3) is 7.82. The molecule has 0 radical (unpaired) electrons. The molecule has 1 saturated heterocycles. The van der Waals surface area contributed by atoms with Crippen molar-refractivity contribution in [2.75, 3.05) is 60.9 Å². The van der Waals surface area contributed by atoms with Crippen LogP contribution >= 0.6 is 0 Å². The van der Waals surface area contributed by atoms with Crippen LogP contribution in [0.15, 0.2) is 29.3 Å². The summed E-state index contributed by atoms with van der Waals surface area (Å²) in [6.45, 7) is 6.17. The quantitative estimate of drug-likeness (QED) is 0.324. The van der Waals surface area contributed by atoms with E-state index >= 15 is 0 Å². The van der Waals surface area contributed by atoms with Crippen molar-refractivity contribution in [2.24, 2.45) is 4.99 Å². The Morgan fingerprint density at radius 2 is 1.94 bits per heavy atom. The number of guanidine groups is 1. The summed E-state index contributed by atoms with van der Waals surface area (Å²) in [5, 5.41) is 6.67. The maximum atomic E-state index is 12.3. The molecule has 1 heterocycles. The van der Waals surface area contributed by atoms with E-state index in [0.29, 0.717) is 12.1 Å². The SMILES string of the molecule is CCNC(=NCCCN1CCCC1C(=O)N(C)C)NCCc1cccc(C(=O)N(C)C)c1. The molecule has 0 bridgehead atoms. The average molecular weight is 445 g/mol. The Morgan fingerprint density at radius 1 is 1.16 bits per heavy atom. The number of likely N-dealkylation sites (N-methyl/N-ethyl adjacent to an activating group) is 1. The summed E-state index contributed by atoms with van der Waals surface area (Å²) in [5.41, 5.74) is 1.83. The normalized spacial score (nSPS) is 16.7. The summed E-state index contributed by atoms with van der Waals surface area (Å²) in [6, 6.07) is 7.80. The summed E-state index contributed by atoms with van der Waals surface area (Å²) in [5.74, 6) is 1.02. The predicted octanol–water partition coefficient (Wildman–Crippen LogP) is 1.43. The van der Waals surface area contributed by atoms with Crippen LogP contribution in [0.4, 0.5) is 0 Å². The van der Waals surface area contributed by atoms with Crippen molar-refractivity contribution in [2.45, 2.75) is 38.6 Å². The van der Waals surface area contributed by atoms with E-state index in [1.54, 1.807) is 23.9 Å². The van der Waals surface area contributed by atoms with Crippen LogP contribution in [-0.2, 0) is 11.2 Å². The predicted molar refractivity (Wildman–Crippen MR) is 130 cm³/mol. The van der Waals surface area contributed by atoms with Gasteiger partial charge >= 0.3 is 0 Å². The minimum Gasteiger partial charge on any atom is -0.357 e. The number of amides is 2. The van der Waals surface area contributed by atoms with Gasteiger partial charge in [0.2, 0.25) is 5.91 Å². The highest BCUT2D eigenvalue weighted by molar-refractivity contribution is 5.94. The lowest BCUT2D eigenvalue weighted by Crippen LogP contribution is -2.43. The summed E-state index contributed by atoms with van der Waals surface area (Å²) in [6.07, 6.45) is 3.76. The standard InChI is InChI=1S/C24H40N6O2/c1-6-25-24(26-14-9-17-30-16-8-12-21(30)23(32)29(4)5)27-15-13-19-10-7-11-20(18-19)22(31)28(2)3/h7,10-11,18,21H,6,8-9,12-17H2,1-5H3,(H2,25,26,27). The molecule has 1 unspecified atom stereocenters. The Balaban J connectivity index is 1.80. The van der Waals surface area contributed by atoms with Crippen molar-refractivity contribution in [1.29, 1.82) is 0 Å². The number of carbonyl (C=O) groups is 2. The van der Waals surface area contributed by atoms with Crippen LogP contribution in [0.25, 0.3) is 0 Å². The molecule has 0 spiro atoms. The second-order valence-electron chi connectivity index (χ2n) is 8.62. The third-order valence-electron chi connectivity index (χ3n) is 5.59. The van der Waals surface area contributed by atoms with E-state index < -0.39 is 0 Å². The fraction of sp³-hybridized carbons (Fsp3) is 0.625. The number of nitrogens with one attached hydrogen (secondary N) is 2. The van der Waals surface area contributed by atoms with Crippen LogP contribution in [0.2, 0.25) is 0 Å². The van der Waals surface area contributed by atoms with Crippen molar-refractivity contribution in [1.82, 2.24) is 25.3 Å². The number of rotatable bonds is 10. The highest BCUT2D eigenvalue weighted by atomic mass is 16.2. The smallest absolute Gasteiger partial charge is 0.253 e. The number of benzene rings is 1. The Morgan fingerprint density at radius 3 is 2.62 bits per heavy atom. The molecule has 1 aromatic carbocycles. The van der Waals surface area contributed by atoms with E-state index in [1.165, 1.54) is 0 Å². The van der Waals surface area contributed by atoms with Crippen LogP contribution in [0, 0.1) is 0 Å². The van der Waals surface area contributed by atoms with Crippen LogP contribution in [-0.4, -0.2) is 99.4 Å². The largest absolute Gasteiger partial charge is 0.357 e. The first-order chi connectivity index (χ1) is 15.3. The Labute approximate surface area is 193 Å². The monoisotopic (exact) mass is 444 g/mol. The molecule has 178 valence electrons. The molecule has 1 aliphatic rings. The van der Waals surface area contributed by atoms with Crippen molar-refractivity contribution in [3.8, 4) is 0 Å². The van der Waals surface area contributed by atoms with Gasteiger partial charge in [0.05, 0.1) is 6.04 Å². The molecule has 2 rings (SSSR count). The maximum Gasteiger partial charge on any atom is 0.253 e. The summed E-state index contributed by atoms with van der Waals surface area (Å²) < 4.78 is 0. The van der Waals surface area contributed by atoms with Crippen molar-refractivity contribution < 1.29 is 9.59 Å². The second kappa shape index (κ2) is 13.1. The number of nitrogens with zero attached hydrogens (tertiary/aromatic N) is 4. The van der Waals surface area contributed by atoms with Gasteiger partial charge in [-0.25, -0.2) is 0 Å². The van der Waals surface area contributed by atoms with Gasteiger partial charge < -0.3 is 20.4 Å². The molecule has 1 aliphatic heterocycles. The van der Waals surface area contributed by atoms with E-state index in [9.17, 15) is 9.59 Å². The van der Waals surface area contributed by atoms with Gasteiger partial charge in [-0.1, -0.05) is 12.1 Å². The molecule has 8 heteroatoms. The molecular formula is C24H40N6O2. The van der Waals surface area contributed by atoms with Gasteiger partial charge in [0, 0.05) is 59.9 Å². The summed E-state index contributed by atoms with van der Waals surface area (Å²) in [7, 11) is 7.18. The van der Waals surface area contributed by atoms with Crippen molar-refractivity contribution in [3.05, 3.63) is 35.4 Å². The molecule has 2 amide bonds. The highest BCUT2D eigenvalue weighted by Crippen LogP contribution is 2.18. The van der Waals surface area contributed by atoms with Gasteiger partial charge in [-0.2, -0.15) is 0 Å². The Bertz CT molecular complexity index is 778. The molecule has 32 heavy (non-hydrogen) atoms. The van der Waals surface area contributed by atoms with E-state index in [-0.39, 0.29) is 17.9 Å². The first-order valence-corrected chi connectivity index (χ1v) is 11.6. The fourth-order valence-electron chi connectivity index (χ4n) is 3.92. The number of hydrogen-bond acceptors (Lipinski definition) is 4. The Kier molecular flexibility index (Phi) is 10.5. The number of carbonyl (C=O) groups excluding carboxylic acids is 2. The summed E-state index contributed by atoms with van der Waals surface area (Å²) in [4.78, 5) is 34.7. The van der Waals surface area contributed by atoms with E-state index in [4.69, 9.17) is 4.99 Å². The van der Waals surface area contributed by atoms with Gasteiger partial charge in [-0.15, -0.1) is 0 Å². The minimum atomic E-state index is 0.0160. The van der Waals surface area contributed by atoms with Gasteiger partial charge in [0.25, 0.3) is 5.91 Å². The lowest BCUT2D eigenvalue weighted by Gasteiger charge is -2.25. The van der Waals surface area contributed by atoms with E-state index in [2.05, 4.69) is 22.5 Å². The molecular weight excluding hydrogens is 404 g/mol. The third-order valence-corrected chi connectivity index (χ3v) is 5.59. The number of aliphatic imine (C=N–C) groups is 1. The molecule has 1 aromatic rings. The van der Waals surface area contributed by atoms with Crippen LogP contribution < -0.4 is 10.6 Å². The van der Waals surface area contributed by atoms with Crippen LogP contribution in [0.1, 0.15) is 42.1 Å². The van der Waals surface area contributed by atoms with Crippen LogP contribution in [0.3, 0.4) is 0 Å². The zero-order valence-electron chi connectivity index (χ0n) is 20.4. The number of likely N-dealkylation sites (tertiary alicyclic amines) is 1. The topological polar surface area (TPSA) is 80.3 Å². The molecule has 0 aromatic heterocycles. The van der Waals surface area contributed by atoms with Crippen LogP contribution in [0.5, 0.6) is 0 Å². The Hall–Kier alpha value is -2.61. The van der Waals surface area contributed by atoms with E-state index in [0.717, 1.165) is 63.4 Å². The zero-order valence-corrected chi connectivity index (χ0v) is 20.4. The maximum absolute atomic E-state index is 12.3. The van der Waals surface area contributed by atoms with Gasteiger partial charge in [0.1, 0.15) is 0 Å². The molecule has 1 atom stereocenters. The van der Waals surface area contributed by atoms with Gasteiger partial charge in [-0.05, 0) is 56.8 Å². The van der Waals surface area contributed by atoms with Gasteiger partial charge in [0.15, 0.2) is 5.96 Å². The summed E-state index contributed by atoms with van der Waals surface area (Å²) >= 11 is 0. The second-order valence-corrected chi connectivity index (χ2v) is 8.62. The lowest BCUT2D eigenvalue weighted by molar-refractivity contribution is -0.133. The zero-order chi connectivity index (χ0) is 23.5. The van der Waals surface area contributed by atoms with Gasteiger partial charge in [-0.3, -0.25) is 19.5 Å². The van der Waals surface area contributed by atoms with Crippen molar-refractivity contribution in [3.63, 3.8) is 0 Å². The fourth-order valence-corrected chi connectivity index (χ4v) is 3.92. The molecule has 1 fully saturated rings.